The molecule has 0 fully saturated rings. The molecule has 7 N–H and O–H groups in total. The number of nitrogens with one attached hydrogen (secondary N) is 1. The Hall–Kier alpha value is -2.28. The molecule has 0 amide bonds. The van der Waals surface area contributed by atoms with Crippen LogP contribution in [0.15, 0.2) is 48.5 Å². The summed E-state index contributed by atoms with van der Waals surface area (Å²) < 4.78 is 0. The van der Waals surface area contributed by atoms with E-state index in [4.69, 9.17) is 5.73 Å². The summed E-state index contributed by atoms with van der Waals surface area (Å²) in [7, 11) is 7.94. The molecule has 2 rings (SSSR count). The first kappa shape index (κ1) is 41.7. The molecule has 2 aromatic carbocycles. The molecule has 10 heteroatoms. The van der Waals surface area contributed by atoms with E-state index in [0.29, 0.717) is 18.0 Å². The maximum absolute atomic E-state index is 9.56. The molecule has 254 valence electrons. The van der Waals surface area contributed by atoms with Gasteiger partial charge in [0.1, 0.15) is 11.5 Å². The fourth-order valence-electron chi connectivity index (χ4n) is 4.19. The number of nitrogens with zero attached hydrogens (tertiary/aromatic N) is 5. The molecule has 0 aromatic heterocycles. The van der Waals surface area contributed by atoms with Gasteiger partial charge in [-0.15, -0.1) is 0 Å². The number of phenolic OH excluding ortho intramolecular Hbond substituents is 2. The minimum Gasteiger partial charge on any atom is -0.508 e. The van der Waals surface area contributed by atoms with Crippen molar-refractivity contribution < 1.29 is 10.2 Å². The number of likely N-dealkylation sites (N-methyl/N-ethyl adjacent to an activating group) is 2. The monoisotopic (exact) mass is 619 g/mol. The van der Waals surface area contributed by atoms with Crippen LogP contribution in [-0.4, -0.2) is 148 Å². The van der Waals surface area contributed by atoms with Gasteiger partial charge in [0.15, 0.2) is 0 Å². The Labute approximate surface area is 269 Å². The van der Waals surface area contributed by atoms with E-state index in [1.165, 1.54) is 18.2 Å². The second-order valence-corrected chi connectivity index (χ2v) is 11.1. The Morgan fingerprint density at radius 2 is 0.955 bits per heavy atom. The summed E-state index contributed by atoms with van der Waals surface area (Å²) in [5.74, 6) is 0.612. The zero-order valence-electron chi connectivity index (χ0n) is 29.0. The summed E-state index contributed by atoms with van der Waals surface area (Å²) in [6, 6.07) is 14.9. The van der Waals surface area contributed by atoms with E-state index in [1.807, 2.05) is 24.3 Å². The lowest BCUT2D eigenvalue weighted by atomic mass is 10.2. The van der Waals surface area contributed by atoms with Crippen LogP contribution in [0.1, 0.15) is 31.9 Å². The standard InChI is InChI=1S/C28H48N6O2.C5H13N.CH5N/c1-4-31(2)19-21-34(24-26-7-11-28(36)12-8-26)18-15-30-14-17-32(3)20-22-33(16-13-29)23-25-5-9-27(35)10-6-25;1-4-6(3)5-2;1-2/h5-12,30,35-36H,4,13-24,29H2,1-3H3;4-5H2,1-3H3;2H2,1H3. The molecule has 0 atom stereocenters. The molecular weight excluding hydrogens is 552 g/mol. The molecule has 2 aromatic rings. The molecule has 44 heavy (non-hydrogen) atoms. The maximum atomic E-state index is 9.56. The van der Waals surface area contributed by atoms with E-state index in [-0.39, 0.29) is 0 Å². The molecule has 0 unspecified atom stereocenters. The van der Waals surface area contributed by atoms with Crippen LogP contribution in [0.4, 0.5) is 0 Å². The highest BCUT2D eigenvalue weighted by molar-refractivity contribution is 5.26. The van der Waals surface area contributed by atoms with Gasteiger partial charge in [-0.2, -0.15) is 0 Å². The summed E-state index contributed by atoms with van der Waals surface area (Å²) in [6.07, 6.45) is 0. The van der Waals surface area contributed by atoms with E-state index in [9.17, 15) is 10.2 Å². The largest absolute Gasteiger partial charge is 0.508 e. The average Bonchev–Trinajstić information content (AvgIpc) is 3.04. The molecule has 0 radical (unpaired) electrons. The van der Waals surface area contributed by atoms with Gasteiger partial charge in [-0.05, 0) is 83.2 Å². The lowest BCUT2D eigenvalue weighted by Crippen LogP contribution is -2.40. The Morgan fingerprint density at radius 1 is 0.545 bits per heavy atom. The van der Waals surface area contributed by atoms with Crippen molar-refractivity contribution in [1.82, 2.24) is 29.8 Å². The number of aromatic hydroxyl groups is 2. The lowest BCUT2D eigenvalue weighted by Gasteiger charge is -2.26. The van der Waals surface area contributed by atoms with E-state index in [2.05, 4.69) is 77.5 Å². The van der Waals surface area contributed by atoms with Crippen molar-refractivity contribution in [3.63, 3.8) is 0 Å². The summed E-state index contributed by atoms with van der Waals surface area (Å²) in [4.78, 5) is 11.8. The molecule has 0 heterocycles. The highest BCUT2D eigenvalue weighted by atomic mass is 16.3. The van der Waals surface area contributed by atoms with Gasteiger partial charge < -0.3 is 41.7 Å². The third-order valence-electron chi connectivity index (χ3n) is 7.62. The zero-order valence-corrected chi connectivity index (χ0v) is 29.0. The highest BCUT2D eigenvalue weighted by Crippen LogP contribution is 2.12. The highest BCUT2D eigenvalue weighted by Gasteiger charge is 2.09. The van der Waals surface area contributed by atoms with Crippen LogP contribution < -0.4 is 16.8 Å². The average molecular weight is 619 g/mol. The number of rotatable bonds is 21. The Bertz CT molecular complexity index is 897. The molecule has 10 nitrogen and oxygen atoms in total. The number of hydrogen-bond acceptors (Lipinski definition) is 10. The van der Waals surface area contributed by atoms with Crippen molar-refractivity contribution in [2.24, 2.45) is 11.5 Å². The van der Waals surface area contributed by atoms with Gasteiger partial charge >= 0.3 is 0 Å². The van der Waals surface area contributed by atoms with Crippen LogP contribution in [0, 0.1) is 0 Å². The van der Waals surface area contributed by atoms with Crippen LogP contribution in [0.3, 0.4) is 0 Å². The maximum Gasteiger partial charge on any atom is 0.115 e. The Balaban J connectivity index is 0.00000206. The molecular formula is C34H66N8O2. The predicted octanol–water partition coefficient (Wildman–Crippen LogP) is 2.37. The van der Waals surface area contributed by atoms with Gasteiger partial charge in [0, 0.05) is 78.5 Å². The van der Waals surface area contributed by atoms with Gasteiger partial charge in [-0.25, -0.2) is 0 Å². The topological polar surface area (TPSA) is 121 Å². The summed E-state index contributed by atoms with van der Waals surface area (Å²) in [6.45, 7) is 21.0. The molecule has 0 spiro atoms. The molecule has 0 bridgehead atoms. The van der Waals surface area contributed by atoms with E-state index < -0.39 is 0 Å². The van der Waals surface area contributed by atoms with E-state index in [0.717, 1.165) is 91.6 Å². The fraction of sp³-hybridized carbons (Fsp3) is 0.647. The third kappa shape index (κ3) is 21.4. The Kier molecular flexibility index (Phi) is 25.7. The van der Waals surface area contributed by atoms with Gasteiger partial charge in [0.05, 0.1) is 0 Å². The fourth-order valence-corrected chi connectivity index (χ4v) is 4.19. The molecule has 0 saturated carbocycles. The first-order valence-electron chi connectivity index (χ1n) is 16.2. The van der Waals surface area contributed by atoms with Crippen molar-refractivity contribution in [3.05, 3.63) is 59.7 Å². The smallest absolute Gasteiger partial charge is 0.115 e. The molecule has 0 aliphatic rings. The van der Waals surface area contributed by atoms with Gasteiger partial charge in [-0.1, -0.05) is 45.0 Å². The van der Waals surface area contributed by atoms with Crippen molar-refractivity contribution >= 4 is 0 Å². The van der Waals surface area contributed by atoms with Crippen LogP contribution in [0.2, 0.25) is 0 Å². The van der Waals surface area contributed by atoms with Gasteiger partial charge in [0.2, 0.25) is 0 Å². The van der Waals surface area contributed by atoms with Crippen molar-refractivity contribution in [1.29, 1.82) is 0 Å². The minimum absolute atomic E-state index is 0.299. The molecule has 0 aliphatic carbocycles. The first-order valence-corrected chi connectivity index (χ1v) is 16.2. The minimum atomic E-state index is 0.299. The summed E-state index contributed by atoms with van der Waals surface area (Å²) in [5.41, 5.74) is 12.7. The zero-order chi connectivity index (χ0) is 33.2. The second kappa shape index (κ2) is 27.1. The number of benzene rings is 2. The lowest BCUT2D eigenvalue weighted by molar-refractivity contribution is 0.215. The van der Waals surface area contributed by atoms with Gasteiger partial charge in [0.25, 0.3) is 0 Å². The quantitative estimate of drug-likeness (QED) is 0.133. The third-order valence-corrected chi connectivity index (χ3v) is 7.62. The van der Waals surface area contributed by atoms with Crippen LogP contribution in [0.25, 0.3) is 0 Å². The van der Waals surface area contributed by atoms with E-state index >= 15 is 0 Å². The van der Waals surface area contributed by atoms with E-state index in [1.54, 1.807) is 24.3 Å². The van der Waals surface area contributed by atoms with Crippen molar-refractivity contribution in [2.45, 2.75) is 33.9 Å². The number of nitrogens with two attached hydrogens (primary N) is 2. The molecule has 0 aliphatic heterocycles. The molecule has 0 saturated heterocycles. The summed E-state index contributed by atoms with van der Waals surface area (Å²) >= 11 is 0. The van der Waals surface area contributed by atoms with Crippen LogP contribution in [-0.2, 0) is 13.1 Å². The second-order valence-electron chi connectivity index (χ2n) is 11.1. The SMILES string of the molecule is CCN(C)CC.CCN(C)CCN(CCNCCN(C)CCN(CCN)Cc1ccc(O)cc1)Cc1ccc(O)cc1.CN. The van der Waals surface area contributed by atoms with Gasteiger partial charge in [-0.3, -0.25) is 9.80 Å². The van der Waals surface area contributed by atoms with Crippen LogP contribution >= 0.6 is 0 Å². The predicted molar refractivity (Wildman–Crippen MR) is 188 cm³/mol. The number of hydrogen-bond donors (Lipinski definition) is 5. The van der Waals surface area contributed by atoms with Crippen molar-refractivity contribution in [2.75, 3.05) is 113 Å². The number of phenols is 2. The van der Waals surface area contributed by atoms with Crippen molar-refractivity contribution in [3.8, 4) is 11.5 Å². The normalized spacial score (nSPS) is 11.2. The first-order chi connectivity index (χ1) is 21.2. The Morgan fingerprint density at radius 3 is 1.36 bits per heavy atom. The summed E-state index contributed by atoms with van der Waals surface area (Å²) in [5, 5.41) is 22.7. The van der Waals surface area contributed by atoms with Crippen LogP contribution in [0.5, 0.6) is 11.5 Å².